The third kappa shape index (κ3) is 4.78. The van der Waals surface area contributed by atoms with Crippen molar-refractivity contribution in [1.82, 2.24) is 0 Å². The van der Waals surface area contributed by atoms with Gasteiger partial charge in [0.15, 0.2) is 0 Å². The van der Waals surface area contributed by atoms with E-state index in [4.69, 9.17) is 9.11 Å². The maximum Gasteiger partial charge on any atom is 0.294 e. The first-order valence-corrected chi connectivity index (χ1v) is 5.81. The maximum absolute atomic E-state index is 10.4. The molecule has 0 aromatic carbocycles. The zero-order valence-corrected chi connectivity index (χ0v) is 8.26. The highest BCUT2D eigenvalue weighted by Crippen LogP contribution is 2.13. The lowest BCUT2D eigenvalue weighted by Gasteiger charge is -1.99. The summed E-state index contributed by atoms with van der Waals surface area (Å²) >= 11 is 0. The van der Waals surface area contributed by atoms with Crippen LogP contribution < -0.4 is 0 Å². The van der Waals surface area contributed by atoms with Crippen molar-refractivity contribution in [2.75, 3.05) is 0 Å². The van der Waals surface area contributed by atoms with E-state index in [1.54, 1.807) is 0 Å². The van der Waals surface area contributed by atoms with Gasteiger partial charge in [-0.05, 0) is 12.5 Å². The molecule has 0 aromatic rings. The second-order valence-electron chi connectivity index (χ2n) is 2.21. The van der Waals surface area contributed by atoms with Gasteiger partial charge >= 0.3 is 0 Å². The minimum absolute atomic E-state index is 0.281. The zero-order chi connectivity index (χ0) is 10.9. The second kappa shape index (κ2) is 3.58. The van der Waals surface area contributed by atoms with Crippen LogP contribution in [0, 0.1) is 0 Å². The first-order chi connectivity index (χ1) is 5.54. The van der Waals surface area contributed by atoms with E-state index in [-0.39, 0.29) is 11.0 Å². The van der Waals surface area contributed by atoms with Crippen molar-refractivity contribution in [3.63, 3.8) is 0 Å². The highest BCUT2D eigenvalue weighted by atomic mass is 32.2. The van der Waals surface area contributed by atoms with Gasteiger partial charge in [-0.1, -0.05) is 6.58 Å². The molecule has 76 valence electrons. The molecule has 0 aliphatic heterocycles. The fraction of sp³-hybridized carbons (Fsp3) is 0.200. The van der Waals surface area contributed by atoms with Crippen LogP contribution in [0.5, 0.6) is 0 Å². The molecular formula is C5H8O6S2. The van der Waals surface area contributed by atoms with Gasteiger partial charge in [0.25, 0.3) is 20.2 Å². The molecule has 6 nitrogen and oxygen atoms in total. The molecule has 0 heterocycles. The Balaban J connectivity index is 5.19. The summed E-state index contributed by atoms with van der Waals surface area (Å²) in [5.41, 5.74) is -0.356. The van der Waals surface area contributed by atoms with Gasteiger partial charge < -0.3 is 0 Å². The Morgan fingerprint density at radius 3 is 1.85 bits per heavy atom. The molecular weight excluding hydrogens is 220 g/mol. The summed E-state index contributed by atoms with van der Waals surface area (Å²) in [5.74, 6) is 0. The zero-order valence-electron chi connectivity index (χ0n) is 6.63. The minimum Gasteiger partial charge on any atom is -0.282 e. The molecule has 0 fully saturated rings. The van der Waals surface area contributed by atoms with Crippen LogP contribution in [0.4, 0.5) is 0 Å². The van der Waals surface area contributed by atoms with Crippen LogP contribution >= 0.6 is 0 Å². The average molecular weight is 228 g/mol. The predicted octanol–water partition coefficient (Wildman–Crippen LogP) is 0.180. The summed E-state index contributed by atoms with van der Waals surface area (Å²) in [7, 11) is -8.94. The van der Waals surface area contributed by atoms with Crippen molar-refractivity contribution < 1.29 is 25.9 Å². The van der Waals surface area contributed by atoms with Crippen LogP contribution in [0.3, 0.4) is 0 Å². The van der Waals surface area contributed by atoms with Crippen LogP contribution in [-0.2, 0) is 20.2 Å². The van der Waals surface area contributed by atoms with E-state index in [0.29, 0.717) is 0 Å². The number of hydrogen-bond donors (Lipinski definition) is 2. The predicted molar refractivity (Wildman–Crippen MR) is 46.0 cm³/mol. The van der Waals surface area contributed by atoms with Crippen LogP contribution in [-0.4, -0.2) is 25.9 Å². The number of rotatable bonds is 3. The van der Waals surface area contributed by atoms with E-state index in [1.807, 2.05) is 0 Å². The molecule has 0 radical (unpaired) electrons. The van der Waals surface area contributed by atoms with Crippen molar-refractivity contribution in [3.05, 3.63) is 22.5 Å². The van der Waals surface area contributed by atoms with E-state index in [0.717, 1.165) is 6.92 Å². The Labute approximate surface area is 76.1 Å². The van der Waals surface area contributed by atoms with Gasteiger partial charge in [-0.2, -0.15) is 16.8 Å². The number of hydrogen-bond acceptors (Lipinski definition) is 4. The maximum atomic E-state index is 10.4. The van der Waals surface area contributed by atoms with E-state index in [1.165, 1.54) is 0 Å². The molecule has 0 bridgehead atoms. The van der Waals surface area contributed by atoms with E-state index < -0.39 is 25.1 Å². The van der Waals surface area contributed by atoms with Crippen molar-refractivity contribution in [3.8, 4) is 0 Å². The first kappa shape index (κ1) is 12.3. The van der Waals surface area contributed by atoms with E-state index >= 15 is 0 Å². The van der Waals surface area contributed by atoms with Crippen LogP contribution in [0.15, 0.2) is 22.5 Å². The molecule has 0 saturated heterocycles. The molecule has 13 heavy (non-hydrogen) atoms. The number of allylic oxidation sites excluding steroid dienone is 1. The van der Waals surface area contributed by atoms with Gasteiger partial charge in [-0.15, -0.1) is 0 Å². The molecule has 0 aromatic heterocycles. The first-order valence-electron chi connectivity index (χ1n) is 2.86. The largest absolute Gasteiger partial charge is 0.294 e. The Morgan fingerprint density at radius 1 is 1.23 bits per heavy atom. The quantitative estimate of drug-likeness (QED) is 0.526. The summed E-state index contributed by atoms with van der Waals surface area (Å²) in [6, 6.07) is 0. The fourth-order valence-electron chi connectivity index (χ4n) is 0.493. The Bertz CT molecular complexity index is 437. The molecule has 0 aliphatic carbocycles. The smallest absolute Gasteiger partial charge is 0.282 e. The van der Waals surface area contributed by atoms with Crippen molar-refractivity contribution in [1.29, 1.82) is 0 Å². The van der Waals surface area contributed by atoms with Gasteiger partial charge in [0.05, 0.1) is 10.3 Å². The van der Waals surface area contributed by atoms with Gasteiger partial charge in [-0.25, -0.2) is 0 Å². The highest BCUT2D eigenvalue weighted by molar-refractivity contribution is 7.90. The molecule has 0 amide bonds. The SMILES string of the molecule is C=C(/C(C)=C\S(=O)(=O)O)S(=O)(=O)O. The molecule has 2 N–H and O–H groups in total. The van der Waals surface area contributed by atoms with Crippen LogP contribution in [0.25, 0.3) is 0 Å². The van der Waals surface area contributed by atoms with E-state index in [9.17, 15) is 16.8 Å². The summed E-state index contributed by atoms with van der Waals surface area (Å²) in [6.07, 6.45) is 0. The lowest BCUT2D eigenvalue weighted by atomic mass is 10.3. The average Bonchev–Trinajstić information content (AvgIpc) is 1.79. The lowest BCUT2D eigenvalue weighted by Crippen LogP contribution is -2.03. The van der Waals surface area contributed by atoms with E-state index in [2.05, 4.69) is 6.58 Å². The lowest BCUT2D eigenvalue weighted by molar-refractivity contribution is 0.491. The monoisotopic (exact) mass is 228 g/mol. The van der Waals surface area contributed by atoms with Crippen LogP contribution in [0.2, 0.25) is 0 Å². The highest BCUT2D eigenvalue weighted by Gasteiger charge is 2.14. The molecule has 0 aliphatic rings. The molecule has 0 spiro atoms. The summed E-state index contributed by atoms with van der Waals surface area (Å²) in [4.78, 5) is -0.773. The standard InChI is InChI=1S/C5H8O6S2/c1-4(3-12(6,7)8)5(2)13(9,10)11/h3H,2H2,1H3,(H,6,7,8)(H,9,10,11)/b4-3-. The van der Waals surface area contributed by atoms with Gasteiger partial charge in [-0.3, -0.25) is 9.11 Å². The topological polar surface area (TPSA) is 109 Å². The second-order valence-corrected chi connectivity index (χ2v) is 4.92. The molecule has 0 atom stereocenters. The third-order valence-corrected chi connectivity index (χ3v) is 2.67. The summed E-state index contributed by atoms with van der Waals surface area (Å²) in [6.45, 7) is 4.00. The molecule has 0 saturated carbocycles. The third-order valence-electron chi connectivity index (χ3n) is 1.08. The Hall–Kier alpha value is -0.700. The van der Waals surface area contributed by atoms with Gasteiger partial charge in [0.1, 0.15) is 0 Å². The van der Waals surface area contributed by atoms with Gasteiger partial charge in [0, 0.05) is 0 Å². The molecule has 0 rings (SSSR count). The Kier molecular flexibility index (Phi) is 3.39. The summed E-state index contributed by atoms with van der Waals surface area (Å²) < 4.78 is 58.0. The fourth-order valence-corrected chi connectivity index (χ4v) is 1.62. The Morgan fingerprint density at radius 2 is 1.62 bits per heavy atom. The van der Waals surface area contributed by atoms with Crippen molar-refractivity contribution >= 4 is 20.2 Å². The minimum atomic E-state index is -4.51. The van der Waals surface area contributed by atoms with Gasteiger partial charge in [0.2, 0.25) is 0 Å². The normalized spacial score (nSPS) is 14.2. The van der Waals surface area contributed by atoms with Crippen molar-refractivity contribution in [2.45, 2.75) is 6.92 Å². The summed E-state index contributed by atoms with van der Waals surface area (Å²) in [5, 5.41) is 0.281. The van der Waals surface area contributed by atoms with Crippen LogP contribution in [0.1, 0.15) is 6.92 Å². The van der Waals surface area contributed by atoms with Crippen molar-refractivity contribution in [2.24, 2.45) is 0 Å². The molecule has 0 unspecified atom stereocenters. The molecule has 8 heteroatoms.